The van der Waals surface area contributed by atoms with Crippen LogP contribution in [0.5, 0.6) is 5.75 Å². The van der Waals surface area contributed by atoms with Gasteiger partial charge in [-0.15, -0.1) is 0 Å². The highest BCUT2D eigenvalue weighted by molar-refractivity contribution is 6.43. The molecule has 6 heteroatoms. The minimum Gasteiger partial charge on any atom is -0.493 e. The maximum atomic E-state index is 12.0. The molecule has 2 amide bonds. The summed E-state index contributed by atoms with van der Waals surface area (Å²) in [4.78, 5) is 23.0. The lowest BCUT2D eigenvalue weighted by Crippen LogP contribution is -2.32. The van der Waals surface area contributed by atoms with Gasteiger partial charge in [-0.3, -0.25) is 9.59 Å². The molecule has 1 aliphatic heterocycles. The maximum absolute atomic E-state index is 12.0. The Morgan fingerprint density at radius 1 is 1.43 bits per heavy atom. The Balaban J connectivity index is 1.97. The third-order valence-corrected chi connectivity index (χ3v) is 2.84. The number of hydrazone groups is 1. The highest BCUT2D eigenvalue weighted by Crippen LogP contribution is 2.18. The van der Waals surface area contributed by atoms with E-state index in [1.807, 2.05) is 12.1 Å². The Kier molecular flexibility index (Phi) is 4.92. The molecule has 0 unspecified atom stereocenters. The third kappa shape index (κ3) is 4.59. The van der Waals surface area contributed by atoms with Crippen LogP contribution in [-0.2, 0) is 9.59 Å². The Bertz CT molecular complexity index is 567. The Morgan fingerprint density at radius 2 is 2.24 bits per heavy atom. The minimum atomic E-state index is -0.309. The average molecular weight is 289 g/mol. The van der Waals surface area contributed by atoms with Crippen LogP contribution in [0.25, 0.3) is 0 Å². The van der Waals surface area contributed by atoms with Crippen LogP contribution in [0.15, 0.2) is 29.4 Å². The van der Waals surface area contributed by atoms with Crippen molar-refractivity contribution >= 4 is 23.2 Å². The van der Waals surface area contributed by atoms with Gasteiger partial charge in [0.05, 0.1) is 6.61 Å². The molecule has 1 aromatic rings. The molecule has 21 heavy (non-hydrogen) atoms. The quantitative estimate of drug-likeness (QED) is 0.869. The summed E-state index contributed by atoms with van der Waals surface area (Å²) in [5.41, 5.74) is 3.27. The molecular formula is C15H19N3O3. The molecule has 0 bridgehead atoms. The van der Waals surface area contributed by atoms with Crippen molar-refractivity contribution in [2.75, 3.05) is 11.9 Å². The van der Waals surface area contributed by atoms with Crippen LogP contribution in [0, 0.1) is 5.92 Å². The minimum absolute atomic E-state index is 0.171. The molecule has 0 fully saturated rings. The van der Waals surface area contributed by atoms with Crippen LogP contribution >= 0.6 is 0 Å². The highest BCUT2D eigenvalue weighted by atomic mass is 16.5. The lowest BCUT2D eigenvalue weighted by Gasteiger charge is -2.13. The molecule has 1 heterocycles. The second-order valence-electron chi connectivity index (χ2n) is 5.28. The van der Waals surface area contributed by atoms with E-state index in [0.29, 0.717) is 36.1 Å². The number of anilines is 1. The van der Waals surface area contributed by atoms with Crippen LogP contribution in [0.2, 0.25) is 0 Å². The van der Waals surface area contributed by atoms with Gasteiger partial charge in [-0.05, 0) is 18.1 Å². The number of nitrogens with zero attached hydrogens (tertiary/aromatic N) is 1. The molecule has 0 spiro atoms. The highest BCUT2D eigenvalue weighted by Gasteiger charge is 2.18. The van der Waals surface area contributed by atoms with Gasteiger partial charge < -0.3 is 10.1 Å². The number of carbonyl (C=O) groups is 2. The number of hydrogen-bond donors (Lipinski definition) is 2. The molecule has 2 N–H and O–H groups in total. The summed E-state index contributed by atoms with van der Waals surface area (Å²) < 4.78 is 5.61. The van der Waals surface area contributed by atoms with E-state index in [-0.39, 0.29) is 18.2 Å². The molecule has 0 saturated heterocycles. The van der Waals surface area contributed by atoms with E-state index >= 15 is 0 Å². The first-order valence-electron chi connectivity index (χ1n) is 6.94. The number of nitrogens with one attached hydrogen (secondary N) is 2. The first kappa shape index (κ1) is 15.0. The number of benzene rings is 1. The SMILES string of the molecule is CC(C)COc1cccc(NC(=O)C2=NNC(=O)CC2)c1. The molecule has 112 valence electrons. The van der Waals surface area contributed by atoms with Gasteiger partial charge in [-0.25, -0.2) is 5.43 Å². The number of rotatable bonds is 5. The second kappa shape index (κ2) is 6.88. The van der Waals surface area contributed by atoms with Gasteiger partial charge in [-0.2, -0.15) is 5.10 Å². The van der Waals surface area contributed by atoms with Crippen molar-refractivity contribution in [1.29, 1.82) is 0 Å². The molecule has 0 radical (unpaired) electrons. The van der Waals surface area contributed by atoms with E-state index in [4.69, 9.17) is 4.74 Å². The Labute approximate surface area is 123 Å². The van der Waals surface area contributed by atoms with Gasteiger partial charge in [0, 0.05) is 24.6 Å². The predicted octanol–water partition coefficient (Wildman–Crippen LogP) is 1.93. The van der Waals surface area contributed by atoms with Crippen molar-refractivity contribution in [2.45, 2.75) is 26.7 Å². The summed E-state index contributed by atoms with van der Waals surface area (Å²) in [5.74, 6) is 0.662. The van der Waals surface area contributed by atoms with Gasteiger partial charge >= 0.3 is 0 Å². The monoisotopic (exact) mass is 289 g/mol. The molecule has 0 atom stereocenters. The van der Waals surface area contributed by atoms with Gasteiger partial charge in [0.1, 0.15) is 11.5 Å². The fraction of sp³-hybridized carbons (Fsp3) is 0.400. The van der Waals surface area contributed by atoms with Gasteiger partial charge in [0.15, 0.2) is 0 Å². The number of ether oxygens (including phenoxy) is 1. The number of carbonyl (C=O) groups excluding carboxylic acids is 2. The third-order valence-electron chi connectivity index (χ3n) is 2.84. The Morgan fingerprint density at radius 3 is 2.90 bits per heavy atom. The average Bonchev–Trinajstić information content (AvgIpc) is 2.46. The van der Waals surface area contributed by atoms with Crippen LogP contribution in [-0.4, -0.2) is 24.1 Å². The van der Waals surface area contributed by atoms with E-state index < -0.39 is 0 Å². The van der Waals surface area contributed by atoms with Crippen molar-refractivity contribution in [3.05, 3.63) is 24.3 Å². The van der Waals surface area contributed by atoms with Crippen molar-refractivity contribution in [3.63, 3.8) is 0 Å². The molecular weight excluding hydrogens is 270 g/mol. The number of amides is 2. The van der Waals surface area contributed by atoms with Crippen LogP contribution in [0.1, 0.15) is 26.7 Å². The zero-order valence-electron chi connectivity index (χ0n) is 12.2. The topological polar surface area (TPSA) is 79.8 Å². The van der Waals surface area contributed by atoms with E-state index in [2.05, 4.69) is 29.7 Å². The van der Waals surface area contributed by atoms with Crippen LogP contribution < -0.4 is 15.5 Å². The van der Waals surface area contributed by atoms with Crippen LogP contribution in [0.4, 0.5) is 5.69 Å². The van der Waals surface area contributed by atoms with E-state index in [1.165, 1.54) is 0 Å². The molecule has 0 saturated carbocycles. The van der Waals surface area contributed by atoms with E-state index in [0.717, 1.165) is 0 Å². The molecule has 1 aromatic carbocycles. The largest absolute Gasteiger partial charge is 0.493 e. The van der Waals surface area contributed by atoms with E-state index in [9.17, 15) is 9.59 Å². The molecule has 0 aromatic heterocycles. The van der Waals surface area contributed by atoms with Crippen molar-refractivity contribution in [2.24, 2.45) is 11.0 Å². The molecule has 6 nitrogen and oxygen atoms in total. The molecule has 2 rings (SSSR count). The standard InChI is InChI=1S/C15H19N3O3/c1-10(2)9-21-12-5-3-4-11(8-12)16-15(20)13-6-7-14(19)18-17-13/h3-5,8,10H,6-7,9H2,1-2H3,(H,16,20)(H,18,19). The van der Waals surface area contributed by atoms with E-state index in [1.54, 1.807) is 12.1 Å². The normalized spacial score (nSPS) is 14.4. The summed E-state index contributed by atoms with van der Waals surface area (Å²) in [6, 6.07) is 7.20. The smallest absolute Gasteiger partial charge is 0.271 e. The fourth-order valence-electron chi connectivity index (χ4n) is 1.77. The number of hydrogen-bond acceptors (Lipinski definition) is 4. The molecule has 0 aliphatic carbocycles. The van der Waals surface area contributed by atoms with Crippen molar-refractivity contribution in [3.8, 4) is 5.75 Å². The lowest BCUT2D eigenvalue weighted by molar-refractivity contribution is -0.121. The van der Waals surface area contributed by atoms with Gasteiger partial charge in [0.25, 0.3) is 5.91 Å². The first-order valence-corrected chi connectivity index (χ1v) is 6.94. The first-order chi connectivity index (χ1) is 10.0. The zero-order valence-corrected chi connectivity index (χ0v) is 12.2. The Hall–Kier alpha value is -2.37. The summed E-state index contributed by atoms with van der Waals surface area (Å²) in [6.45, 7) is 4.76. The summed E-state index contributed by atoms with van der Waals surface area (Å²) in [6.07, 6.45) is 0.630. The zero-order chi connectivity index (χ0) is 15.2. The summed E-state index contributed by atoms with van der Waals surface area (Å²) in [5, 5.41) is 6.52. The predicted molar refractivity (Wildman–Crippen MR) is 80.2 cm³/mol. The van der Waals surface area contributed by atoms with Crippen molar-refractivity contribution in [1.82, 2.24) is 5.43 Å². The second-order valence-corrected chi connectivity index (χ2v) is 5.28. The van der Waals surface area contributed by atoms with Crippen molar-refractivity contribution < 1.29 is 14.3 Å². The lowest BCUT2D eigenvalue weighted by atomic mass is 10.1. The van der Waals surface area contributed by atoms with Crippen LogP contribution in [0.3, 0.4) is 0 Å². The molecule has 1 aliphatic rings. The summed E-state index contributed by atoms with van der Waals surface area (Å²) >= 11 is 0. The maximum Gasteiger partial charge on any atom is 0.271 e. The summed E-state index contributed by atoms with van der Waals surface area (Å²) in [7, 11) is 0. The van der Waals surface area contributed by atoms with Gasteiger partial charge in [0.2, 0.25) is 5.91 Å². The fourth-order valence-corrected chi connectivity index (χ4v) is 1.77. The van der Waals surface area contributed by atoms with Gasteiger partial charge in [-0.1, -0.05) is 19.9 Å².